The van der Waals surface area contributed by atoms with Gasteiger partial charge in [0.15, 0.2) is 0 Å². The predicted molar refractivity (Wildman–Crippen MR) is 88.9 cm³/mol. The standard InChI is InChI=1S/C18H31NO2/c1-18(2,3)19-12-7-5-6-8-13-21-15-16-10-9-11-17(14-16)20-4/h9-11,14,19H,5-8,12-13,15H2,1-4H3. The molecule has 0 unspecified atom stereocenters. The third kappa shape index (κ3) is 9.48. The normalized spacial score (nSPS) is 11.6. The van der Waals surface area contributed by atoms with Gasteiger partial charge in [-0.3, -0.25) is 0 Å². The van der Waals surface area contributed by atoms with Crippen molar-refractivity contribution < 1.29 is 9.47 Å². The van der Waals surface area contributed by atoms with Crippen molar-refractivity contribution in [1.29, 1.82) is 0 Å². The van der Waals surface area contributed by atoms with Gasteiger partial charge >= 0.3 is 0 Å². The second-order valence-electron chi connectivity index (χ2n) is 6.50. The van der Waals surface area contributed by atoms with E-state index in [-0.39, 0.29) is 5.54 Å². The van der Waals surface area contributed by atoms with Gasteiger partial charge in [-0.25, -0.2) is 0 Å². The molecule has 0 amide bonds. The highest BCUT2D eigenvalue weighted by molar-refractivity contribution is 5.27. The summed E-state index contributed by atoms with van der Waals surface area (Å²) in [6, 6.07) is 8.05. The Labute approximate surface area is 130 Å². The van der Waals surface area contributed by atoms with Crippen molar-refractivity contribution in [3.8, 4) is 5.75 Å². The van der Waals surface area contributed by atoms with Crippen molar-refractivity contribution in [1.82, 2.24) is 5.32 Å². The highest BCUT2D eigenvalue weighted by Gasteiger charge is 2.06. The Morgan fingerprint density at radius 2 is 1.81 bits per heavy atom. The van der Waals surface area contributed by atoms with Crippen LogP contribution < -0.4 is 10.1 Å². The summed E-state index contributed by atoms with van der Waals surface area (Å²) < 4.78 is 10.9. The summed E-state index contributed by atoms with van der Waals surface area (Å²) >= 11 is 0. The van der Waals surface area contributed by atoms with E-state index in [1.807, 2.05) is 18.2 Å². The van der Waals surface area contributed by atoms with Crippen LogP contribution in [0, 0.1) is 0 Å². The molecule has 120 valence electrons. The Bertz CT molecular complexity index is 385. The van der Waals surface area contributed by atoms with E-state index in [1.165, 1.54) is 24.8 Å². The van der Waals surface area contributed by atoms with E-state index < -0.39 is 0 Å². The largest absolute Gasteiger partial charge is 0.497 e. The van der Waals surface area contributed by atoms with Gasteiger partial charge in [-0.2, -0.15) is 0 Å². The third-order valence-corrected chi connectivity index (χ3v) is 3.27. The van der Waals surface area contributed by atoms with Crippen molar-refractivity contribution in [2.24, 2.45) is 0 Å². The average Bonchev–Trinajstić information content (AvgIpc) is 2.44. The molecule has 0 aliphatic rings. The summed E-state index contributed by atoms with van der Waals surface area (Å²) in [6.07, 6.45) is 4.89. The van der Waals surface area contributed by atoms with Gasteiger partial charge in [-0.05, 0) is 57.9 Å². The molecule has 0 aromatic heterocycles. The first-order valence-corrected chi connectivity index (χ1v) is 7.97. The predicted octanol–water partition coefficient (Wildman–Crippen LogP) is 4.16. The summed E-state index contributed by atoms with van der Waals surface area (Å²) in [6.45, 7) is 9.24. The number of unbranched alkanes of at least 4 members (excludes halogenated alkanes) is 3. The van der Waals surface area contributed by atoms with E-state index in [2.05, 4.69) is 32.2 Å². The maximum atomic E-state index is 5.71. The lowest BCUT2D eigenvalue weighted by atomic mass is 10.1. The first kappa shape index (κ1) is 18.0. The summed E-state index contributed by atoms with van der Waals surface area (Å²) in [5.74, 6) is 0.891. The van der Waals surface area contributed by atoms with Gasteiger partial charge in [-0.15, -0.1) is 0 Å². The molecule has 1 aromatic rings. The molecule has 0 spiro atoms. The summed E-state index contributed by atoms with van der Waals surface area (Å²) in [4.78, 5) is 0. The van der Waals surface area contributed by atoms with Crippen LogP contribution >= 0.6 is 0 Å². The number of rotatable bonds is 10. The molecule has 0 bridgehead atoms. The van der Waals surface area contributed by atoms with Gasteiger partial charge in [-0.1, -0.05) is 25.0 Å². The van der Waals surface area contributed by atoms with Gasteiger partial charge in [0, 0.05) is 12.1 Å². The van der Waals surface area contributed by atoms with Crippen LogP contribution in [0.4, 0.5) is 0 Å². The molecule has 0 aliphatic heterocycles. The molecule has 0 saturated heterocycles. The lowest BCUT2D eigenvalue weighted by molar-refractivity contribution is 0.116. The second kappa shape index (κ2) is 9.80. The first-order valence-electron chi connectivity index (χ1n) is 7.97. The van der Waals surface area contributed by atoms with Gasteiger partial charge in [0.25, 0.3) is 0 Å². The van der Waals surface area contributed by atoms with Crippen LogP contribution in [-0.4, -0.2) is 25.8 Å². The zero-order valence-corrected chi connectivity index (χ0v) is 14.1. The topological polar surface area (TPSA) is 30.5 Å². The minimum Gasteiger partial charge on any atom is -0.497 e. The fraction of sp³-hybridized carbons (Fsp3) is 0.667. The van der Waals surface area contributed by atoms with Crippen molar-refractivity contribution in [2.75, 3.05) is 20.3 Å². The Morgan fingerprint density at radius 3 is 2.52 bits per heavy atom. The molecule has 0 fully saturated rings. The minimum absolute atomic E-state index is 0.236. The Hall–Kier alpha value is -1.06. The van der Waals surface area contributed by atoms with Gasteiger partial charge in [0.1, 0.15) is 5.75 Å². The lowest BCUT2D eigenvalue weighted by Gasteiger charge is -2.20. The molecule has 0 saturated carbocycles. The highest BCUT2D eigenvalue weighted by atomic mass is 16.5. The van der Waals surface area contributed by atoms with E-state index in [0.29, 0.717) is 6.61 Å². The zero-order valence-electron chi connectivity index (χ0n) is 14.1. The van der Waals surface area contributed by atoms with Crippen LogP contribution in [0.2, 0.25) is 0 Å². The molecule has 0 atom stereocenters. The van der Waals surface area contributed by atoms with Crippen molar-refractivity contribution >= 4 is 0 Å². The fourth-order valence-electron chi connectivity index (χ4n) is 2.10. The third-order valence-electron chi connectivity index (χ3n) is 3.27. The smallest absolute Gasteiger partial charge is 0.119 e. The van der Waals surface area contributed by atoms with E-state index in [0.717, 1.165) is 25.3 Å². The summed E-state index contributed by atoms with van der Waals surface area (Å²) in [5.41, 5.74) is 1.41. The van der Waals surface area contributed by atoms with Crippen LogP contribution in [0.3, 0.4) is 0 Å². The van der Waals surface area contributed by atoms with Gasteiger partial charge in [0.2, 0.25) is 0 Å². The van der Waals surface area contributed by atoms with Gasteiger partial charge < -0.3 is 14.8 Å². The minimum atomic E-state index is 0.236. The zero-order chi connectivity index (χ0) is 15.6. The van der Waals surface area contributed by atoms with E-state index in [1.54, 1.807) is 7.11 Å². The van der Waals surface area contributed by atoms with Crippen molar-refractivity contribution in [2.45, 2.75) is 58.6 Å². The summed E-state index contributed by atoms with van der Waals surface area (Å²) in [7, 11) is 1.69. The summed E-state index contributed by atoms with van der Waals surface area (Å²) in [5, 5.41) is 3.51. The molecule has 0 heterocycles. The number of benzene rings is 1. The van der Waals surface area contributed by atoms with Crippen LogP contribution in [0.1, 0.15) is 52.0 Å². The molecular weight excluding hydrogens is 262 g/mol. The lowest BCUT2D eigenvalue weighted by Crippen LogP contribution is -2.36. The van der Waals surface area contributed by atoms with E-state index in [4.69, 9.17) is 9.47 Å². The number of hydrogen-bond donors (Lipinski definition) is 1. The molecule has 1 rings (SSSR count). The molecule has 21 heavy (non-hydrogen) atoms. The van der Waals surface area contributed by atoms with Crippen molar-refractivity contribution in [3.05, 3.63) is 29.8 Å². The van der Waals surface area contributed by atoms with E-state index in [9.17, 15) is 0 Å². The van der Waals surface area contributed by atoms with Crippen LogP contribution in [0.15, 0.2) is 24.3 Å². The monoisotopic (exact) mass is 293 g/mol. The van der Waals surface area contributed by atoms with E-state index >= 15 is 0 Å². The molecule has 1 aromatic carbocycles. The van der Waals surface area contributed by atoms with Gasteiger partial charge in [0.05, 0.1) is 13.7 Å². The maximum Gasteiger partial charge on any atom is 0.119 e. The number of hydrogen-bond acceptors (Lipinski definition) is 3. The van der Waals surface area contributed by atoms with Crippen LogP contribution in [0.5, 0.6) is 5.75 Å². The number of methoxy groups -OCH3 is 1. The molecule has 0 radical (unpaired) electrons. The Morgan fingerprint density at radius 1 is 1.05 bits per heavy atom. The number of nitrogens with one attached hydrogen (secondary N) is 1. The Kier molecular flexibility index (Phi) is 8.40. The molecule has 1 N–H and O–H groups in total. The number of ether oxygens (including phenoxy) is 2. The van der Waals surface area contributed by atoms with Crippen molar-refractivity contribution in [3.63, 3.8) is 0 Å². The average molecular weight is 293 g/mol. The second-order valence-corrected chi connectivity index (χ2v) is 6.50. The quantitative estimate of drug-likeness (QED) is 0.657. The molecular formula is C18H31NO2. The first-order chi connectivity index (χ1) is 10.0. The molecule has 0 aliphatic carbocycles. The maximum absolute atomic E-state index is 5.71. The Balaban J connectivity index is 1.97. The molecule has 3 heteroatoms. The molecule has 3 nitrogen and oxygen atoms in total. The van der Waals surface area contributed by atoms with Crippen LogP contribution in [0.25, 0.3) is 0 Å². The van der Waals surface area contributed by atoms with Crippen LogP contribution in [-0.2, 0) is 11.3 Å². The highest BCUT2D eigenvalue weighted by Crippen LogP contribution is 2.13. The fourth-order valence-corrected chi connectivity index (χ4v) is 2.10. The SMILES string of the molecule is COc1cccc(COCCCCCCNC(C)(C)C)c1.